The Labute approximate surface area is 279 Å². The van der Waals surface area contributed by atoms with E-state index in [4.69, 9.17) is 19.2 Å². The Bertz CT molecular complexity index is 1450. The van der Waals surface area contributed by atoms with Gasteiger partial charge >= 0.3 is 5.97 Å². The van der Waals surface area contributed by atoms with Gasteiger partial charge in [-0.1, -0.05) is 6.07 Å². The van der Waals surface area contributed by atoms with Crippen LogP contribution in [0.15, 0.2) is 42.6 Å². The summed E-state index contributed by atoms with van der Waals surface area (Å²) in [5.41, 5.74) is 6.98. The molecule has 47 heavy (non-hydrogen) atoms. The lowest BCUT2D eigenvalue weighted by molar-refractivity contribution is -0.147. The molecule has 0 bridgehead atoms. The first kappa shape index (κ1) is 33.4. The monoisotopic (exact) mass is 644 g/mol. The minimum atomic E-state index is -0.239. The molecule has 3 aliphatic rings. The highest BCUT2D eigenvalue weighted by molar-refractivity contribution is 5.69. The molecule has 2 fully saturated rings. The Morgan fingerprint density at radius 2 is 1.98 bits per heavy atom. The molecule has 2 saturated heterocycles. The van der Waals surface area contributed by atoms with Crippen LogP contribution in [-0.4, -0.2) is 90.8 Å². The lowest BCUT2D eigenvalue weighted by Gasteiger charge is -2.31. The molecule has 0 radical (unpaired) electrons. The number of H-pyrrole nitrogens is 1. The van der Waals surface area contributed by atoms with Crippen molar-refractivity contribution in [1.82, 2.24) is 20.1 Å². The van der Waals surface area contributed by atoms with Gasteiger partial charge in [0.15, 0.2) is 0 Å². The van der Waals surface area contributed by atoms with E-state index in [2.05, 4.69) is 55.6 Å². The fourth-order valence-corrected chi connectivity index (χ4v) is 7.07. The summed E-state index contributed by atoms with van der Waals surface area (Å²) < 4.78 is 16.9. The van der Waals surface area contributed by atoms with Crippen molar-refractivity contribution in [2.45, 2.75) is 77.4 Å². The second-order valence-corrected chi connectivity index (χ2v) is 14.2. The SMILES string of the molecule is CC(C)(C)OCCOC(=O)CCCN1C[C@H](CCc2ccc3c(n2)NCCC3)C[C@H]1c1cc(-c2ccn[nH]2)cc(N2CCOCC2)c1. The lowest BCUT2D eigenvalue weighted by Crippen LogP contribution is -2.36. The van der Waals surface area contributed by atoms with Gasteiger partial charge in [-0.2, -0.15) is 5.10 Å². The molecule has 10 heteroatoms. The smallest absolute Gasteiger partial charge is 0.305 e. The zero-order chi connectivity index (χ0) is 32.6. The number of carbonyl (C=O) groups excluding carboxylic acids is 1. The van der Waals surface area contributed by atoms with Crippen LogP contribution >= 0.6 is 0 Å². The van der Waals surface area contributed by atoms with Crippen molar-refractivity contribution < 1.29 is 19.0 Å². The third kappa shape index (κ3) is 9.33. The van der Waals surface area contributed by atoms with Crippen LogP contribution in [0.3, 0.4) is 0 Å². The summed E-state index contributed by atoms with van der Waals surface area (Å²) in [7, 11) is 0. The second-order valence-electron chi connectivity index (χ2n) is 14.2. The third-order valence-electron chi connectivity index (χ3n) is 9.47. The maximum atomic E-state index is 12.6. The highest BCUT2D eigenvalue weighted by Gasteiger charge is 2.33. The zero-order valence-electron chi connectivity index (χ0n) is 28.4. The number of carbonyl (C=O) groups is 1. The van der Waals surface area contributed by atoms with Crippen molar-refractivity contribution in [2.75, 3.05) is 69.4 Å². The number of likely N-dealkylation sites (tertiary alicyclic amines) is 1. The average Bonchev–Trinajstić information content (AvgIpc) is 3.77. The molecule has 6 rings (SSSR count). The number of aromatic amines is 1. The van der Waals surface area contributed by atoms with Gasteiger partial charge in [0, 0.05) is 61.8 Å². The third-order valence-corrected chi connectivity index (χ3v) is 9.47. The number of hydrogen-bond acceptors (Lipinski definition) is 9. The van der Waals surface area contributed by atoms with Gasteiger partial charge in [-0.3, -0.25) is 14.8 Å². The molecule has 0 unspecified atom stereocenters. The molecular weight excluding hydrogens is 592 g/mol. The maximum Gasteiger partial charge on any atom is 0.305 e. The first-order chi connectivity index (χ1) is 22.8. The second kappa shape index (κ2) is 15.6. The summed E-state index contributed by atoms with van der Waals surface area (Å²) >= 11 is 0. The topological polar surface area (TPSA) is 105 Å². The fraction of sp³-hybridized carbons (Fsp3) is 0.595. The molecule has 5 heterocycles. The Morgan fingerprint density at radius 3 is 2.79 bits per heavy atom. The highest BCUT2D eigenvalue weighted by Crippen LogP contribution is 2.40. The number of morpholine rings is 1. The van der Waals surface area contributed by atoms with Gasteiger partial charge in [0.05, 0.1) is 31.1 Å². The van der Waals surface area contributed by atoms with E-state index in [1.165, 1.54) is 28.9 Å². The van der Waals surface area contributed by atoms with Crippen LogP contribution in [0, 0.1) is 5.92 Å². The highest BCUT2D eigenvalue weighted by atomic mass is 16.6. The summed E-state index contributed by atoms with van der Waals surface area (Å²) in [5, 5.41) is 10.9. The number of esters is 1. The van der Waals surface area contributed by atoms with Crippen LogP contribution in [-0.2, 0) is 31.8 Å². The lowest BCUT2D eigenvalue weighted by atomic mass is 9.93. The number of nitrogens with one attached hydrogen (secondary N) is 2. The molecule has 3 aromatic rings. The standard InChI is InChI=1S/C37H52N6O4/c1-37(2,3)47-21-20-46-35(44)7-5-15-43-26-27(8-10-31-11-9-28-6-4-13-38-36(28)40-31)22-34(43)30-23-29(33-12-14-39-41-33)24-32(25-30)42-16-18-45-19-17-42/h9,11-12,14,23-25,27,34H,4-8,10,13,15-22,26H2,1-3H3,(H,38,40)(H,39,41)/t27-,34+/m1/s1. The number of ether oxygens (including phenoxy) is 3. The van der Waals surface area contributed by atoms with Crippen molar-refractivity contribution in [3.8, 4) is 11.3 Å². The van der Waals surface area contributed by atoms with E-state index in [0.717, 1.165) is 95.1 Å². The summed E-state index contributed by atoms with van der Waals surface area (Å²) in [6.45, 7) is 12.8. The van der Waals surface area contributed by atoms with E-state index in [1.54, 1.807) is 0 Å². The Balaban J connectivity index is 1.16. The molecule has 10 nitrogen and oxygen atoms in total. The Kier molecular flexibility index (Phi) is 11.1. The summed E-state index contributed by atoms with van der Waals surface area (Å²) in [5.74, 6) is 1.45. The predicted octanol–water partition coefficient (Wildman–Crippen LogP) is 5.80. The Hall–Kier alpha value is -3.47. The normalized spacial score (nSPS) is 20.2. The van der Waals surface area contributed by atoms with E-state index < -0.39 is 0 Å². The van der Waals surface area contributed by atoms with Crippen LogP contribution in [0.2, 0.25) is 0 Å². The molecule has 0 spiro atoms. The first-order valence-corrected chi connectivity index (χ1v) is 17.5. The minimum Gasteiger partial charge on any atom is -0.463 e. The van der Waals surface area contributed by atoms with Crippen molar-refractivity contribution in [2.24, 2.45) is 5.92 Å². The van der Waals surface area contributed by atoms with Crippen molar-refractivity contribution >= 4 is 17.5 Å². The number of pyridine rings is 1. The number of anilines is 2. The quantitative estimate of drug-likeness (QED) is 0.176. The average molecular weight is 645 g/mol. The molecule has 0 amide bonds. The number of nitrogens with zero attached hydrogens (tertiary/aromatic N) is 4. The maximum absolute atomic E-state index is 12.6. The molecule has 0 aliphatic carbocycles. The van der Waals surface area contributed by atoms with Gasteiger partial charge in [-0.05, 0) is 113 Å². The van der Waals surface area contributed by atoms with Crippen LogP contribution < -0.4 is 10.2 Å². The number of aromatic nitrogens is 3. The number of rotatable bonds is 13. The van der Waals surface area contributed by atoms with Crippen molar-refractivity contribution in [3.63, 3.8) is 0 Å². The van der Waals surface area contributed by atoms with Gasteiger partial charge in [0.25, 0.3) is 0 Å². The molecule has 1 aromatic carbocycles. The largest absolute Gasteiger partial charge is 0.463 e. The molecule has 2 N–H and O–H groups in total. The number of benzene rings is 1. The van der Waals surface area contributed by atoms with Crippen molar-refractivity contribution in [1.29, 1.82) is 0 Å². The zero-order valence-corrected chi connectivity index (χ0v) is 28.4. The molecule has 0 saturated carbocycles. The number of hydrogen-bond donors (Lipinski definition) is 2. The number of fused-ring (bicyclic) bond motifs is 1. The molecule has 3 aliphatic heterocycles. The summed E-state index contributed by atoms with van der Waals surface area (Å²) in [6, 6.07) is 13.8. The van der Waals surface area contributed by atoms with E-state index >= 15 is 0 Å². The summed E-state index contributed by atoms with van der Waals surface area (Å²) in [6.07, 6.45) is 8.39. The van der Waals surface area contributed by atoms with E-state index in [9.17, 15) is 4.79 Å². The van der Waals surface area contributed by atoms with E-state index in [-0.39, 0.29) is 17.6 Å². The van der Waals surface area contributed by atoms with Gasteiger partial charge in [0.1, 0.15) is 12.4 Å². The van der Waals surface area contributed by atoms with Gasteiger partial charge in [-0.25, -0.2) is 4.98 Å². The van der Waals surface area contributed by atoms with Gasteiger partial charge < -0.3 is 24.4 Å². The first-order valence-electron chi connectivity index (χ1n) is 17.5. The fourth-order valence-electron chi connectivity index (χ4n) is 7.07. The van der Waals surface area contributed by atoms with Crippen LogP contribution in [0.25, 0.3) is 11.3 Å². The molecule has 2 atom stereocenters. The molecule has 254 valence electrons. The van der Waals surface area contributed by atoms with E-state index in [1.807, 2.05) is 33.0 Å². The molecule has 2 aromatic heterocycles. The van der Waals surface area contributed by atoms with Crippen LogP contribution in [0.4, 0.5) is 11.5 Å². The predicted molar refractivity (Wildman–Crippen MR) is 185 cm³/mol. The van der Waals surface area contributed by atoms with E-state index in [0.29, 0.717) is 25.6 Å². The number of aryl methyl sites for hydroxylation is 2. The Morgan fingerprint density at radius 1 is 1.11 bits per heavy atom. The van der Waals surface area contributed by atoms with Crippen molar-refractivity contribution in [3.05, 3.63) is 59.4 Å². The van der Waals surface area contributed by atoms with Crippen LogP contribution in [0.1, 0.15) is 75.7 Å². The minimum absolute atomic E-state index is 0.155. The molecular formula is C37H52N6O4. The van der Waals surface area contributed by atoms with Crippen LogP contribution in [0.5, 0.6) is 0 Å². The van der Waals surface area contributed by atoms with Gasteiger partial charge in [0.2, 0.25) is 0 Å². The van der Waals surface area contributed by atoms with Gasteiger partial charge in [-0.15, -0.1) is 0 Å². The summed E-state index contributed by atoms with van der Waals surface area (Å²) in [4.78, 5) is 22.6.